The largest absolute Gasteiger partial charge is 0.336 e. The number of imidazole rings is 1. The summed E-state index contributed by atoms with van der Waals surface area (Å²) in [5.74, 6) is 0.932. The Labute approximate surface area is 104 Å². The normalized spacial score (nSPS) is 10.8. The number of benzene rings is 1. The minimum absolute atomic E-state index is 0.932. The molecule has 0 amide bonds. The van der Waals surface area contributed by atoms with Gasteiger partial charge in [0.05, 0.1) is 0 Å². The van der Waals surface area contributed by atoms with E-state index in [1.165, 1.54) is 22.3 Å². The van der Waals surface area contributed by atoms with Gasteiger partial charge in [0.15, 0.2) is 0 Å². The zero-order valence-electron chi connectivity index (χ0n) is 9.98. The third kappa shape index (κ3) is 1.92. The number of aryl methyl sites for hydroxylation is 4. The highest BCUT2D eigenvalue weighted by molar-refractivity contribution is 9.10. The number of halogens is 1. The van der Waals surface area contributed by atoms with Crippen LogP contribution in [0.3, 0.4) is 0 Å². The molecule has 1 aromatic carbocycles. The van der Waals surface area contributed by atoms with E-state index in [1.54, 1.807) is 0 Å². The van der Waals surface area contributed by atoms with E-state index in [2.05, 4.69) is 58.8 Å². The van der Waals surface area contributed by atoms with Crippen molar-refractivity contribution in [2.24, 2.45) is 0 Å². The van der Waals surface area contributed by atoms with Crippen LogP contribution in [0.4, 0.5) is 0 Å². The number of nitrogens with one attached hydrogen (secondary N) is 1. The predicted octanol–water partition coefficient (Wildman–Crippen LogP) is 4.07. The summed E-state index contributed by atoms with van der Waals surface area (Å²) in [6.45, 7) is 8.35. The zero-order valence-corrected chi connectivity index (χ0v) is 11.6. The molecule has 0 aliphatic heterocycles. The first-order valence-electron chi connectivity index (χ1n) is 5.29. The molecule has 0 bridgehead atoms. The average Bonchev–Trinajstić information content (AvgIpc) is 2.43. The van der Waals surface area contributed by atoms with E-state index in [1.807, 2.05) is 6.92 Å². The minimum Gasteiger partial charge on any atom is -0.336 e. The average molecular weight is 279 g/mol. The van der Waals surface area contributed by atoms with Crippen LogP contribution in [0.1, 0.15) is 22.5 Å². The molecule has 0 aliphatic rings. The van der Waals surface area contributed by atoms with E-state index in [9.17, 15) is 0 Å². The van der Waals surface area contributed by atoms with Gasteiger partial charge in [0, 0.05) is 5.56 Å². The van der Waals surface area contributed by atoms with Crippen LogP contribution in [-0.4, -0.2) is 9.97 Å². The fourth-order valence-electron chi connectivity index (χ4n) is 2.18. The second-order valence-corrected chi connectivity index (χ2v) is 5.05. The third-order valence-electron chi connectivity index (χ3n) is 2.69. The molecule has 2 nitrogen and oxygen atoms in total. The first-order chi connectivity index (χ1) is 7.49. The van der Waals surface area contributed by atoms with Gasteiger partial charge < -0.3 is 4.98 Å². The first kappa shape index (κ1) is 11.4. The van der Waals surface area contributed by atoms with Crippen LogP contribution in [0.2, 0.25) is 0 Å². The van der Waals surface area contributed by atoms with Gasteiger partial charge in [-0.2, -0.15) is 0 Å². The Hall–Kier alpha value is -1.09. The highest BCUT2D eigenvalue weighted by Gasteiger charge is 2.13. The lowest BCUT2D eigenvalue weighted by Crippen LogP contribution is -1.91. The highest BCUT2D eigenvalue weighted by Crippen LogP contribution is 2.31. The maximum atomic E-state index is 4.53. The summed E-state index contributed by atoms with van der Waals surface area (Å²) in [6, 6.07) is 4.39. The van der Waals surface area contributed by atoms with Crippen molar-refractivity contribution in [1.29, 1.82) is 0 Å². The predicted molar refractivity (Wildman–Crippen MR) is 70.7 cm³/mol. The lowest BCUT2D eigenvalue weighted by Gasteiger charge is -2.09. The molecule has 84 valence electrons. The number of aromatic amines is 1. The van der Waals surface area contributed by atoms with Crippen molar-refractivity contribution >= 4 is 15.9 Å². The van der Waals surface area contributed by atoms with E-state index < -0.39 is 0 Å². The topological polar surface area (TPSA) is 28.7 Å². The quantitative estimate of drug-likeness (QED) is 0.837. The number of hydrogen-bond acceptors (Lipinski definition) is 1. The van der Waals surface area contributed by atoms with Gasteiger partial charge in [0.1, 0.15) is 16.1 Å². The molecule has 16 heavy (non-hydrogen) atoms. The van der Waals surface area contributed by atoms with Crippen molar-refractivity contribution in [2.45, 2.75) is 27.7 Å². The summed E-state index contributed by atoms with van der Waals surface area (Å²) in [4.78, 5) is 7.71. The molecule has 1 N–H and O–H groups in total. The molecule has 1 heterocycles. The van der Waals surface area contributed by atoms with E-state index >= 15 is 0 Å². The maximum absolute atomic E-state index is 4.53. The van der Waals surface area contributed by atoms with Gasteiger partial charge in [0.25, 0.3) is 0 Å². The van der Waals surface area contributed by atoms with E-state index in [0.717, 1.165) is 16.1 Å². The molecule has 0 saturated carbocycles. The monoisotopic (exact) mass is 278 g/mol. The summed E-state index contributed by atoms with van der Waals surface area (Å²) in [6.07, 6.45) is 0. The second kappa shape index (κ2) is 4.06. The van der Waals surface area contributed by atoms with Gasteiger partial charge in [0.2, 0.25) is 0 Å². The van der Waals surface area contributed by atoms with E-state index in [4.69, 9.17) is 0 Å². The molecule has 0 atom stereocenters. The van der Waals surface area contributed by atoms with Crippen molar-refractivity contribution in [3.8, 4) is 11.3 Å². The van der Waals surface area contributed by atoms with Gasteiger partial charge in [-0.05, 0) is 54.8 Å². The Kier molecular flexibility index (Phi) is 2.89. The maximum Gasteiger partial charge on any atom is 0.110 e. The van der Waals surface area contributed by atoms with Crippen LogP contribution in [0, 0.1) is 27.7 Å². The van der Waals surface area contributed by atoms with Gasteiger partial charge in [-0.1, -0.05) is 17.7 Å². The Morgan fingerprint density at radius 3 is 2.06 bits per heavy atom. The molecule has 0 unspecified atom stereocenters. The van der Waals surface area contributed by atoms with Gasteiger partial charge in [-0.15, -0.1) is 0 Å². The van der Waals surface area contributed by atoms with Crippen LogP contribution in [0.15, 0.2) is 16.7 Å². The van der Waals surface area contributed by atoms with Crippen molar-refractivity contribution in [1.82, 2.24) is 9.97 Å². The summed E-state index contributed by atoms with van der Waals surface area (Å²) in [5.41, 5.74) is 6.06. The molecule has 0 spiro atoms. The molecule has 0 fully saturated rings. The number of aromatic nitrogens is 2. The summed E-state index contributed by atoms with van der Waals surface area (Å²) < 4.78 is 0.958. The number of hydrogen-bond donors (Lipinski definition) is 1. The summed E-state index contributed by atoms with van der Waals surface area (Å²) in [5, 5.41) is 0. The van der Waals surface area contributed by atoms with E-state index in [0.29, 0.717) is 0 Å². The Bertz CT molecular complexity index is 518. The fraction of sp³-hybridized carbons (Fsp3) is 0.308. The molecular weight excluding hydrogens is 264 g/mol. The molecule has 0 radical (unpaired) electrons. The zero-order chi connectivity index (χ0) is 11.9. The highest BCUT2D eigenvalue weighted by atomic mass is 79.9. The molecule has 2 rings (SSSR count). The van der Waals surface area contributed by atoms with Crippen molar-refractivity contribution in [3.63, 3.8) is 0 Å². The third-order valence-corrected chi connectivity index (χ3v) is 3.27. The molecule has 0 saturated heterocycles. The van der Waals surface area contributed by atoms with Crippen molar-refractivity contribution < 1.29 is 0 Å². The van der Waals surface area contributed by atoms with Crippen LogP contribution in [0.25, 0.3) is 11.3 Å². The smallest absolute Gasteiger partial charge is 0.110 e. The lowest BCUT2D eigenvalue weighted by atomic mass is 9.98. The van der Waals surface area contributed by atoms with Crippen LogP contribution < -0.4 is 0 Å². The van der Waals surface area contributed by atoms with Gasteiger partial charge >= 0.3 is 0 Å². The van der Waals surface area contributed by atoms with Crippen molar-refractivity contribution in [2.75, 3.05) is 0 Å². The van der Waals surface area contributed by atoms with Crippen LogP contribution >= 0.6 is 15.9 Å². The Morgan fingerprint density at radius 2 is 1.62 bits per heavy atom. The Morgan fingerprint density at radius 1 is 1.06 bits per heavy atom. The summed E-state index contributed by atoms with van der Waals surface area (Å²) in [7, 11) is 0. The summed E-state index contributed by atoms with van der Waals surface area (Å²) >= 11 is 3.52. The van der Waals surface area contributed by atoms with Gasteiger partial charge in [-0.25, -0.2) is 4.98 Å². The molecule has 1 aromatic heterocycles. The van der Waals surface area contributed by atoms with Crippen molar-refractivity contribution in [3.05, 3.63) is 39.3 Å². The molecule has 3 heteroatoms. The minimum atomic E-state index is 0.932. The first-order valence-corrected chi connectivity index (χ1v) is 6.08. The SMILES string of the molecule is Cc1cc(C)c(-c2nc(C)[nH]c2Br)c(C)c1. The lowest BCUT2D eigenvalue weighted by molar-refractivity contribution is 1.14. The molecule has 2 aromatic rings. The number of nitrogens with zero attached hydrogens (tertiary/aromatic N) is 1. The standard InChI is InChI=1S/C13H15BrN2/c1-7-5-8(2)11(9(3)6-7)12-13(14)16-10(4)15-12/h5-6H,1-4H3,(H,15,16). The molecular formula is C13H15BrN2. The van der Waals surface area contributed by atoms with Gasteiger partial charge in [-0.3, -0.25) is 0 Å². The second-order valence-electron chi connectivity index (χ2n) is 4.26. The van der Waals surface area contributed by atoms with Crippen LogP contribution in [-0.2, 0) is 0 Å². The van der Waals surface area contributed by atoms with E-state index in [-0.39, 0.29) is 0 Å². The Balaban J connectivity index is 2.69. The van der Waals surface area contributed by atoms with Crippen LogP contribution in [0.5, 0.6) is 0 Å². The molecule has 0 aliphatic carbocycles. The fourth-order valence-corrected chi connectivity index (χ4v) is 2.76. The number of rotatable bonds is 1. The number of H-pyrrole nitrogens is 1.